The van der Waals surface area contributed by atoms with E-state index in [4.69, 9.17) is 5.73 Å². The molecule has 0 atom stereocenters. The van der Waals surface area contributed by atoms with Crippen molar-refractivity contribution in [1.82, 2.24) is 9.78 Å². The van der Waals surface area contributed by atoms with Crippen LogP contribution >= 0.6 is 0 Å². The summed E-state index contributed by atoms with van der Waals surface area (Å²) in [7, 11) is 3.67. The minimum atomic E-state index is 0.168. The van der Waals surface area contributed by atoms with E-state index in [1.165, 1.54) is 5.56 Å². The summed E-state index contributed by atoms with van der Waals surface area (Å²) in [6, 6.07) is 6.07. The van der Waals surface area contributed by atoms with Crippen molar-refractivity contribution in [1.29, 1.82) is 0 Å². The number of hydrogen-bond donors (Lipinski definition) is 1. The standard InChI is InChI=1S/C14H16N4O/c1-17-8-11(14(15)16-17)9-3-5-12-10(7-9)4-6-13(19)18(12)2/h3,5,7-8H,4,6H2,1-2H3,(H2,15,16). The zero-order chi connectivity index (χ0) is 13.6. The molecule has 0 aliphatic carbocycles. The first-order valence-corrected chi connectivity index (χ1v) is 6.25. The third kappa shape index (κ3) is 1.87. The maximum absolute atomic E-state index is 11.7. The van der Waals surface area contributed by atoms with Crippen LogP contribution in [0.3, 0.4) is 0 Å². The van der Waals surface area contributed by atoms with Gasteiger partial charge in [0.25, 0.3) is 0 Å². The largest absolute Gasteiger partial charge is 0.382 e. The van der Waals surface area contributed by atoms with E-state index in [0.29, 0.717) is 12.2 Å². The Bertz CT molecular complexity index is 659. The van der Waals surface area contributed by atoms with Crippen molar-refractivity contribution in [3.8, 4) is 11.1 Å². The van der Waals surface area contributed by atoms with Crippen molar-refractivity contribution in [3.05, 3.63) is 30.0 Å². The van der Waals surface area contributed by atoms with Gasteiger partial charge in [0, 0.05) is 38.0 Å². The number of aromatic nitrogens is 2. The molecule has 5 nitrogen and oxygen atoms in total. The van der Waals surface area contributed by atoms with Gasteiger partial charge in [0.2, 0.25) is 5.91 Å². The van der Waals surface area contributed by atoms with E-state index in [9.17, 15) is 4.79 Å². The van der Waals surface area contributed by atoms with Crippen LogP contribution in [-0.2, 0) is 18.3 Å². The van der Waals surface area contributed by atoms with Crippen LogP contribution in [0.25, 0.3) is 11.1 Å². The van der Waals surface area contributed by atoms with Gasteiger partial charge in [0.15, 0.2) is 5.82 Å². The molecule has 1 aliphatic heterocycles. The number of nitrogens with two attached hydrogens (primary N) is 1. The number of carbonyl (C=O) groups is 1. The molecule has 0 saturated heterocycles. The van der Waals surface area contributed by atoms with Gasteiger partial charge in [-0.2, -0.15) is 5.10 Å². The average Bonchev–Trinajstić information content (AvgIpc) is 2.73. The van der Waals surface area contributed by atoms with Gasteiger partial charge in [-0.25, -0.2) is 0 Å². The molecule has 0 fully saturated rings. The van der Waals surface area contributed by atoms with Gasteiger partial charge < -0.3 is 10.6 Å². The lowest BCUT2D eigenvalue weighted by Crippen LogP contribution is -2.30. The Morgan fingerprint density at radius 2 is 2.05 bits per heavy atom. The Labute approximate surface area is 111 Å². The van der Waals surface area contributed by atoms with Crippen LogP contribution in [0.2, 0.25) is 0 Å². The van der Waals surface area contributed by atoms with E-state index >= 15 is 0 Å². The predicted octanol–water partition coefficient (Wildman–Crippen LogP) is 1.58. The molecule has 0 radical (unpaired) electrons. The summed E-state index contributed by atoms with van der Waals surface area (Å²) < 4.78 is 1.71. The number of carbonyl (C=O) groups excluding carboxylic acids is 1. The maximum atomic E-state index is 11.7. The second-order valence-corrected chi connectivity index (χ2v) is 4.90. The Balaban J connectivity index is 2.07. The molecule has 19 heavy (non-hydrogen) atoms. The molecule has 0 bridgehead atoms. The van der Waals surface area contributed by atoms with Crippen LogP contribution in [0.1, 0.15) is 12.0 Å². The van der Waals surface area contributed by atoms with E-state index in [0.717, 1.165) is 23.2 Å². The molecular weight excluding hydrogens is 240 g/mol. The van der Waals surface area contributed by atoms with Crippen molar-refractivity contribution < 1.29 is 4.79 Å². The summed E-state index contributed by atoms with van der Waals surface area (Å²) in [5.74, 6) is 0.698. The maximum Gasteiger partial charge on any atom is 0.227 e. The van der Waals surface area contributed by atoms with Crippen molar-refractivity contribution >= 4 is 17.4 Å². The summed E-state index contributed by atoms with van der Waals surface area (Å²) >= 11 is 0. The second kappa shape index (κ2) is 4.12. The summed E-state index contributed by atoms with van der Waals surface area (Å²) in [6.45, 7) is 0. The zero-order valence-electron chi connectivity index (χ0n) is 11.1. The number of aryl methyl sites for hydroxylation is 2. The third-order valence-electron chi connectivity index (χ3n) is 3.59. The minimum Gasteiger partial charge on any atom is -0.382 e. The molecule has 0 saturated carbocycles. The lowest BCUT2D eigenvalue weighted by Gasteiger charge is -2.26. The molecule has 2 heterocycles. The highest BCUT2D eigenvalue weighted by Gasteiger charge is 2.21. The lowest BCUT2D eigenvalue weighted by atomic mass is 9.97. The number of hydrogen-bond acceptors (Lipinski definition) is 3. The van der Waals surface area contributed by atoms with Crippen LogP contribution in [0, 0.1) is 0 Å². The number of benzene rings is 1. The highest BCUT2D eigenvalue weighted by molar-refractivity contribution is 5.96. The van der Waals surface area contributed by atoms with Crippen molar-refractivity contribution in [3.63, 3.8) is 0 Å². The number of amides is 1. The van der Waals surface area contributed by atoms with E-state index < -0.39 is 0 Å². The van der Waals surface area contributed by atoms with Crippen LogP contribution in [0.4, 0.5) is 11.5 Å². The van der Waals surface area contributed by atoms with Crippen LogP contribution in [0.5, 0.6) is 0 Å². The average molecular weight is 256 g/mol. The van der Waals surface area contributed by atoms with Crippen molar-refractivity contribution in [2.75, 3.05) is 17.7 Å². The van der Waals surface area contributed by atoms with Gasteiger partial charge in [0.1, 0.15) is 0 Å². The summed E-state index contributed by atoms with van der Waals surface area (Å²) in [4.78, 5) is 13.4. The van der Waals surface area contributed by atoms with Gasteiger partial charge in [-0.3, -0.25) is 9.48 Å². The SMILES string of the molecule is CN1C(=O)CCc2cc(-c3cn(C)nc3N)ccc21. The number of fused-ring (bicyclic) bond motifs is 1. The van der Waals surface area contributed by atoms with Gasteiger partial charge in [-0.05, 0) is 29.7 Å². The first-order valence-electron chi connectivity index (χ1n) is 6.25. The molecule has 0 unspecified atom stereocenters. The van der Waals surface area contributed by atoms with Crippen molar-refractivity contribution in [2.24, 2.45) is 7.05 Å². The van der Waals surface area contributed by atoms with Crippen LogP contribution in [-0.4, -0.2) is 22.7 Å². The van der Waals surface area contributed by atoms with Crippen LogP contribution in [0.15, 0.2) is 24.4 Å². The van der Waals surface area contributed by atoms with E-state index in [1.54, 1.807) is 9.58 Å². The Hall–Kier alpha value is -2.30. The van der Waals surface area contributed by atoms with Crippen LogP contribution < -0.4 is 10.6 Å². The molecule has 1 aromatic heterocycles. The first kappa shape index (κ1) is 11.8. The lowest BCUT2D eigenvalue weighted by molar-refractivity contribution is -0.118. The van der Waals surface area contributed by atoms with E-state index in [2.05, 4.69) is 11.2 Å². The van der Waals surface area contributed by atoms with E-state index in [1.807, 2.05) is 32.4 Å². The molecule has 1 amide bonds. The molecule has 2 N–H and O–H groups in total. The fourth-order valence-corrected chi connectivity index (χ4v) is 2.55. The Kier molecular flexibility index (Phi) is 2.55. The Morgan fingerprint density at radius 3 is 2.74 bits per heavy atom. The molecule has 2 aromatic rings. The topological polar surface area (TPSA) is 64.2 Å². The summed E-state index contributed by atoms with van der Waals surface area (Å²) in [6.07, 6.45) is 3.26. The third-order valence-corrected chi connectivity index (χ3v) is 3.59. The highest BCUT2D eigenvalue weighted by Crippen LogP contribution is 2.32. The predicted molar refractivity (Wildman–Crippen MR) is 74.8 cm³/mol. The first-order chi connectivity index (χ1) is 9.06. The molecule has 98 valence electrons. The molecular formula is C14H16N4O. The molecule has 0 spiro atoms. The minimum absolute atomic E-state index is 0.168. The molecule has 3 rings (SSSR count). The summed E-state index contributed by atoms with van der Waals surface area (Å²) in [5.41, 5.74) is 10.1. The molecule has 1 aliphatic rings. The zero-order valence-corrected chi connectivity index (χ0v) is 11.1. The quantitative estimate of drug-likeness (QED) is 0.842. The molecule has 1 aromatic carbocycles. The fourth-order valence-electron chi connectivity index (χ4n) is 2.55. The van der Waals surface area contributed by atoms with E-state index in [-0.39, 0.29) is 5.91 Å². The normalized spacial score (nSPS) is 14.6. The van der Waals surface area contributed by atoms with Gasteiger partial charge >= 0.3 is 0 Å². The fraction of sp³-hybridized carbons (Fsp3) is 0.286. The second-order valence-electron chi connectivity index (χ2n) is 4.90. The monoisotopic (exact) mass is 256 g/mol. The van der Waals surface area contributed by atoms with Crippen molar-refractivity contribution in [2.45, 2.75) is 12.8 Å². The Morgan fingerprint density at radius 1 is 1.26 bits per heavy atom. The summed E-state index contributed by atoms with van der Waals surface area (Å²) in [5, 5.41) is 4.16. The number of nitrogen functional groups attached to an aromatic ring is 1. The number of rotatable bonds is 1. The molecule has 5 heteroatoms. The van der Waals surface area contributed by atoms with Gasteiger partial charge in [-0.1, -0.05) is 6.07 Å². The highest BCUT2D eigenvalue weighted by atomic mass is 16.2. The smallest absolute Gasteiger partial charge is 0.227 e. The number of nitrogens with zero attached hydrogens (tertiary/aromatic N) is 3. The van der Waals surface area contributed by atoms with Gasteiger partial charge in [-0.15, -0.1) is 0 Å². The number of anilines is 2. The van der Waals surface area contributed by atoms with Gasteiger partial charge in [0.05, 0.1) is 0 Å².